The monoisotopic (exact) mass is 313 g/mol. The van der Waals surface area contributed by atoms with Crippen LogP contribution in [0, 0.1) is 0 Å². The summed E-state index contributed by atoms with van der Waals surface area (Å²) in [7, 11) is -3.79. The molecule has 0 aromatic rings. The first kappa shape index (κ1) is 16.8. The van der Waals surface area contributed by atoms with Gasteiger partial charge in [0.2, 0.25) is 20.0 Å². The predicted molar refractivity (Wildman–Crippen MR) is 74.9 cm³/mol. The van der Waals surface area contributed by atoms with Gasteiger partial charge in [0.1, 0.15) is 0 Å². The molecule has 19 heavy (non-hydrogen) atoms. The highest BCUT2D eigenvalue weighted by Gasteiger charge is 2.27. The summed E-state index contributed by atoms with van der Waals surface area (Å²) in [4.78, 5) is 0. The van der Waals surface area contributed by atoms with Crippen molar-refractivity contribution >= 4 is 20.0 Å². The Kier molecular flexibility index (Phi) is 5.75. The predicted octanol–water partition coefficient (Wildman–Crippen LogP) is -1.11. The van der Waals surface area contributed by atoms with Crippen LogP contribution in [0.3, 0.4) is 0 Å². The standard InChI is InChI=1S/C10H23N3O4S2/c1-10-9-13(6-5-11-10)19(16,17)8-4-7-18(14,15)12(2)3/h10-11H,4-9H2,1-3H3. The Morgan fingerprint density at radius 2 is 1.84 bits per heavy atom. The summed E-state index contributed by atoms with van der Waals surface area (Å²) in [6, 6.07) is 0.133. The Bertz CT molecular complexity index is 487. The summed E-state index contributed by atoms with van der Waals surface area (Å²) >= 11 is 0. The summed E-state index contributed by atoms with van der Waals surface area (Å²) in [6.45, 7) is 3.46. The lowest BCUT2D eigenvalue weighted by Crippen LogP contribution is -2.51. The highest BCUT2D eigenvalue weighted by Crippen LogP contribution is 2.09. The van der Waals surface area contributed by atoms with Gasteiger partial charge in [-0.25, -0.2) is 21.1 Å². The second-order valence-corrected chi connectivity index (χ2v) is 9.37. The van der Waals surface area contributed by atoms with Crippen LogP contribution in [-0.4, -0.2) is 76.7 Å². The van der Waals surface area contributed by atoms with Crippen LogP contribution in [0.1, 0.15) is 13.3 Å². The maximum Gasteiger partial charge on any atom is 0.214 e. The van der Waals surface area contributed by atoms with Gasteiger partial charge in [-0.3, -0.25) is 0 Å². The van der Waals surface area contributed by atoms with E-state index >= 15 is 0 Å². The molecule has 1 fully saturated rings. The Balaban J connectivity index is 2.52. The summed E-state index contributed by atoms with van der Waals surface area (Å²) in [5, 5.41) is 3.17. The largest absolute Gasteiger partial charge is 0.312 e. The van der Waals surface area contributed by atoms with E-state index in [1.165, 1.54) is 18.4 Å². The topological polar surface area (TPSA) is 86.8 Å². The van der Waals surface area contributed by atoms with Gasteiger partial charge in [0, 0.05) is 39.8 Å². The molecule has 0 saturated carbocycles. The van der Waals surface area contributed by atoms with Crippen LogP contribution < -0.4 is 5.32 Å². The third-order valence-corrected chi connectivity index (χ3v) is 6.93. The second kappa shape index (κ2) is 6.49. The molecule has 1 N–H and O–H groups in total. The van der Waals surface area contributed by atoms with Crippen LogP contribution in [0.15, 0.2) is 0 Å². The molecule has 114 valence electrons. The van der Waals surface area contributed by atoms with Crippen molar-refractivity contribution in [1.82, 2.24) is 13.9 Å². The summed E-state index contributed by atoms with van der Waals surface area (Å²) in [6.07, 6.45) is 0.126. The van der Waals surface area contributed by atoms with E-state index in [0.717, 1.165) is 4.31 Å². The molecule has 0 spiro atoms. The van der Waals surface area contributed by atoms with Gasteiger partial charge in [-0.2, -0.15) is 4.31 Å². The van der Waals surface area contributed by atoms with E-state index < -0.39 is 20.0 Å². The Morgan fingerprint density at radius 3 is 2.37 bits per heavy atom. The van der Waals surface area contributed by atoms with Gasteiger partial charge in [-0.1, -0.05) is 0 Å². The Hall–Kier alpha value is -0.220. The van der Waals surface area contributed by atoms with Crippen LogP contribution in [0.4, 0.5) is 0 Å². The SMILES string of the molecule is CC1CN(S(=O)(=O)CCCS(=O)(=O)N(C)C)CCN1. The molecule has 9 heteroatoms. The molecule has 0 aromatic carbocycles. The zero-order valence-electron chi connectivity index (χ0n) is 11.7. The fraction of sp³-hybridized carbons (Fsp3) is 1.00. The average Bonchev–Trinajstić information content (AvgIpc) is 2.28. The minimum Gasteiger partial charge on any atom is -0.312 e. The van der Waals surface area contributed by atoms with E-state index in [1.54, 1.807) is 0 Å². The molecule has 0 radical (unpaired) electrons. The summed E-state index contributed by atoms with van der Waals surface area (Å²) in [5.74, 6) is -0.256. The lowest BCUT2D eigenvalue weighted by Gasteiger charge is -2.31. The van der Waals surface area contributed by atoms with Crippen LogP contribution in [0.2, 0.25) is 0 Å². The van der Waals surface area contributed by atoms with Crippen LogP contribution in [0.25, 0.3) is 0 Å². The lowest BCUT2D eigenvalue weighted by atomic mass is 10.3. The number of rotatable bonds is 6. The van der Waals surface area contributed by atoms with Gasteiger partial charge >= 0.3 is 0 Å². The third kappa shape index (κ3) is 4.99. The molecule has 1 atom stereocenters. The number of sulfonamides is 2. The smallest absolute Gasteiger partial charge is 0.214 e. The van der Waals surface area contributed by atoms with Crippen molar-refractivity contribution < 1.29 is 16.8 Å². The van der Waals surface area contributed by atoms with Gasteiger partial charge in [0.05, 0.1) is 11.5 Å². The van der Waals surface area contributed by atoms with Crippen molar-refractivity contribution in [3.8, 4) is 0 Å². The molecule has 1 aliphatic heterocycles. The molecule has 1 saturated heterocycles. The molecule has 1 heterocycles. The lowest BCUT2D eigenvalue weighted by molar-refractivity contribution is 0.310. The molecule has 1 unspecified atom stereocenters. The first-order chi connectivity index (χ1) is 8.65. The van der Waals surface area contributed by atoms with Crippen molar-refractivity contribution in [3.63, 3.8) is 0 Å². The van der Waals surface area contributed by atoms with Crippen molar-refractivity contribution in [2.24, 2.45) is 0 Å². The normalized spacial score (nSPS) is 22.8. The van der Waals surface area contributed by atoms with Crippen molar-refractivity contribution in [2.75, 3.05) is 45.2 Å². The minimum absolute atomic E-state index is 0.118. The van der Waals surface area contributed by atoms with Gasteiger partial charge < -0.3 is 5.32 Å². The van der Waals surface area contributed by atoms with Gasteiger partial charge in [-0.15, -0.1) is 0 Å². The fourth-order valence-corrected chi connectivity index (χ4v) is 4.53. The third-order valence-electron chi connectivity index (χ3n) is 3.09. The number of nitrogens with one attached hydrogen (secondary N) is 1. The van der Waals surface area contributed by atoms with E-state index in [4.69, 9.17) is 0 Å². The quantitative estimate of drug-likeness (QED) is 0.672. The van der Waals surface area contributed by atoms with E-state index in [9.17, 15) is 16.8 Å². The number of nitrogens with zero attached hydrogens (tertiary/aromatic N) is 2. The maximum atomic E-state index is 12.1. The molecule has 7 nitrogen and oxygen atoms in total. The van der Waals surface area contributed by atoms with Gasteiger partial charge in [0.25, 0.3) is 0 Å². The zero-order valence-corrected chi connectivity index (χ0v) is 13.3. The fourth-order valence-electron chi connectivity index (χ4n) is 1.88. The van der Waals surface area contributed by atoms with Crippen molar-refractivity contribution in [2.45, 2.75) is 19.4 Å². The number of hydrogen-bond donors (Lipinski definition) is 1. The van der Waals surface area contributed by atoms with Gasteiger partial charge in [-0.05, 0) is 13.3 Å². The molecule has 0 bridgehead atoms. The summed E-state index contributed by atoms with van der Waals surface area (Å²) in [5.41, 5.74) is 0. The van der Waals surface area contributed by atoms with Crippen LogP contribution in [-0.2, 0) is 20.0 Å². The number of hydrogen-bond acceptors (Lipinski definition) is 5. The van der Waals surface area contributed by atoms with Crippen LogP contribution in [0.5, 0.6) is 0 Å². The van der Waals surface area contributed by atoms with E-state index in [2.05, 4.69) is 5.32 Å². The van der Waals surface area contributed by atoms with E-state index in [1.807, 2.05) is 6.92 Å². The molecule has 0 aromatic heterocycles. The number of piperazine rings is 1. The molecule has 1 aliphatic rings. The highest BCUT2D eigenvalue weighted by atomic mass is 32.2. The molecular formula is C10H23N3O4S2. The first-order valence-electron chi connectivity index (χ1n) is 6.26. The molecule has 1 rings (SSSR count). The first-order valence-corrected chi connectivity index (χ1v) is 9.48. The Labute approximate surface area is 116 Å². The maximum absolute atomic E-state index is 12.1. The van der Waals surface area contributed by atoms with Crippen molar-refractivity contribution in [3.05, 3.63) is 0 Å². The van der Waals surface area contributed by atoms with Crippen LogP contribution >= 0.6 is 0 Å². The van der Waals surface area contributed by atoms with Gasteiger partial charge in [0.15, 0.2) is 0 Å². The van der Waals surface area contributed by atoms with E-state index in [-0.39, 0.29) is 24.0 Å². The molecular weight excluding hydrogens is 290 g/mol. The zero-order chi connectivity index (χ0) is 14.7. The minimum atomic E-state index is -3.35. The molecule has 0 amide bonds. The van der Waals surface area contributed by atoms with Crippen molar-refractivity contribution in [1.29, 1.82) is 0 Å². The Morgan fingerprint density at radius 1 is 1.21 bits per heavy atom. The molecule has 0 aliphatic carbocycles. The second-order valence-electron chi connectivity index (χ2n) is 4.98. The highest BCUT2D eigenvalue weighted by molar-refractivity contribution is 7.90. The van der Waals surface area contributed by atoms with E-state index in [0.29, 0.717) is 19.6 Å². The average molecular weight is 313 g/mol. The summed E-state index contributed by atoms with van der Waals surface area (Å²) < 4.78 is 49.8.